The molecule has 2 rings (SSSR count). The fourth-order valence-electron chi connectivity index (χ4n) is 2.91. The number of likely N-dealkylation sites (tertiary alicyclic amines) is 2. The lowest BCUT2D eigenvalue weighted by atomic mass is 10.0. The third kappa shape index (κ3) is 1.82. The topological polar surface area (TPSA) is 6.48 Å². The average molecular weight is 196 g/mol. The van der Waals surface area contributed by atoms with E-state index in [4.69, 9.17) is 0 Å². The summed E-state index contributed by atoms with van der Waals surface area (Å²) in [6.45, 7) is 14.6. The van der Waals surface area contributed by atoms with Gasteiger partial charge in [-0.15, -0.1) is 0 Å². The van der Waals surface area contributed by atoms with Gasteiger partial charge in [-0.2, -0.15) is 0 Å². The highest BCUT2D eigenvalue weighted by Crippen LogP contribution is 2.32. The van der Waals surface area contributed by atoms with E-state index in [1.54, 1.807) is 0 Å². The van der Waals surface area contributed by atoms with Crippen LogP contribution in [0, 0.1) is 11.8 Å². The first-order valence-corrected chi connectivity index (χ1v) is 6.06. The van der Waals surface area contributed by atoms with Crippen LogP contribution >= 0.6 is 0 Å². The summed E-state index contributed by atoms with van der Waals surface area (Å²) in [5.74, 6) is 1.92. The van der Waals surface area contributed by atoms with Crippen molar-refractivity contribution in [2.75, 3.05) is 26.2 Å². The molecule has 0 bridgehead atoms. The van der Waals surface area contributed by atoms with Gasteiger partial charge in [-0.25, -0.2) is 0 Å². The number of hydrogen-bond acceptors (Lipinski definition) is 2. The summed E-state index contributed by atoms with van der Waals surface area (Å²) >= 11 is 0. The molecule has 2 heteroatoms. The first-order valence-electron chi connectivity index (χ1n) is 6.06. The number of rotatable bonds is 2. The lowest BCUT2D eigenvalue weighted by molar-refractivity contribution is 0.203. The van der Waals surface area contributed by atoms with Gasteiger partial charge in [-0.1, -0.05) is 0 Å². The second-order valence-electron chi connectivity index (χ2n) is 5.62. The van der Waals surface area contributed by atoms with Gasteiger partial charge in [-0.3, -0.25) is 0 Å². The zero-order chi connectivity index (χ0) is 10.3. The van der Waals surface area contributed by atoms with Crippen LogP contribution < -0.4 is 0 Å². The first kappa shape index (κ1) is 10.4. The van der Waals surface area contributed by atoms with Crippen molar-refractivity contribution in [3.63, 3.8) is 0 Å². The molecule has 2 nitrogen and oxygen atoms in total. The molecule has 2 aliphatic heterocycles. The molecule has 0 amide bonds. The standard InChI is InChI=1S/C12H24N2/c1-9(2)13-5-11-7-14(10(3)4)8-12(11)6-13/h9-12H,5-8H2,1-4H3. The molecule has 14 heavy (non-hydrogen) atoms. The zero-order valence-electron chi connectivity index (χ0n) is 10.0. The van der Waals surface area contributed by atoms with E-state index in [1.165, 1.54) is 26.2 Å². The van der Waals surface area contributed by atoms with Crippen LogP contribution in [0.1, 0.15) is 27.7 Å². The Morgan fingerprint density at radius 3 is 1.21 bits per heavy atom. The normalized spacial score (nSPS) is 34.7. The van der Waals surface area contributed by atoms with Crippen LogP contribution in [0.4, 0.5) is 0 Å². The van der Waals surface area contributed by atoms with E-state index in [1.807, 2.05) is 0 Å². The molecule has 0 spiro atoms. The highest BCUT2D eigenvalue weighted by Gasteiger charge is 2.40. The van der Waals surface area contributed by atoms with E-state index >= 15 is 0 Å². The molecule has 0 atom stereocenters. The Morgan fingerprint density at radius 2 is 1.00 bits per heavy atom. The smallest absolute Gasteiger partial charge is 0.00388 e. The summed E-state index contributed by atoms with van der Waals surface area (Å²) in [4.78, 5) is 5.29. The molecular weight excluding hydrogens is 172 g/mol. The van der Waals surface area contributed by atoms with Crippen molar-refractivity contribution >= 4 is 0 Å². The summed E-state index contributed by atoms with van der Waals surface area (Å²) in [5.41, 5.74) is 0. The van der Waals surface area contributed by atoms with Crippen molar-refractivity contribution in [3.8, 4) is 0 Å². The van der Waals surface area contributed by atoms with E-state index in [0.29, 0.717) is 0 Å². The predicted octanol–water partition coefficient (Wildman–Crippen LogP) is 1.67. The molecule has 0 unspecified atom stereocenters. The number of hydrogen-bond donors (Lipinski definition) is 0. The van der Waals surface area contributed by atoms with Gasteiger partial charge in [0.05, 0.1) is 0 Å². The first-order chi connectivity index (χ1) is 6.58. The maximum absolute atomic E-state index is 2.65. The van der Waals surface area contributed by atoms with Crippen molar-refractivity contribution in [2.45, 2.75) is 39.8 Å². The molecule has 2 saturated heterocycles. The highest BCUT2D eigenvalue weighted by atomic mass is 15.3. The minimum absolute atomic E-state index is 0.744. The second-order valence-corrected chi connectivity index (χ2v) is 5.62. The third-order valence-corrected chi connectivity index (χ3v) is 4.00. The number of nitrogens with zero attached hydrogens (tertiary/aromatic N) is 2. The van der Waals surface area contributed by atoms with E-state index < -0.39 is 0 Å². The Kier molecular flexibility index (Phi) is 2.85. The lowest BCUT2D eigenvalue weighted by Crippen LogP contribution is -2.35. The van der Waals surface area contributed by atoms with Crippen LogP contribution in [0.3, 0.4) is 0 Å². The maximum Gasteiger partial charge on any atom is 0.00388 e. The van der Waals surface area contributed by atoms with E-state index in [0.717, 1.165) is 23.9 Å². The van der Waals surface area contributed by atoms with Gasteiger partial charge in [0.1, 0.15) is 0 Å². The van der Waals surface area contributed by atoms with Crippen molar-refractivity contribution in [2.24, 2.45) is 11.8 Å². The lowest BCUT2D eigenvalue weighted by Gasteiger charge is -2.26. The highest BCUT2D eigenvalue weighted by molar-refractivity contribution is 4.94. The largest absolute Gasteiger partial charge is 0.300 e. The minimum Gasteiger partial charge on any atom is -0.300 e. The van der Waals surface area contributed by atoms with Crippen molar-refractivity contribution in [1.29, 1.82) is 0 Å². The van der Waals surface area contributed by atoms with Crippen LogP contribution in [0.2, 0.25) is 0 Å². The van der Waals surface area contributed by atoms with Gasteiger partial charge in [0.15, 0.2) is 0 Å². The summed E-state index contributed by atoms with van der Waals surface area (Å²) < 4.78 is 0. The molecule has 0 aromatic rings. The second kappa shape index (κ2) is 3.82. The van der Waals surface area contributed by atoms with Crippen molar-refractivity contribution < 1.29 is 0 Å². The fourth-order valence-corrected chi connectivity index (χ4v) is 2.91. The molecule has 2 aliphatic rings. The molecule has 2 heterocycles. The Morgan fingerprint density at radius 1 is 0.714 bits per heavy atom. The van der Waals surface area contributed by atoms with Crippen LogP contribution in [-0.4, -0.2) is 48.1 Å². The Bertz CT molecular complexity index is 166. The summed E-state index contributed by atoms with van der Waals surface area (Å²) in [6.07, 6.45) is 0. The van der Waals surface area contributed by atoms with Gasteiger partial charge in [-0.05, 0) is 39.5 Å². The van der Waals surface area contributed by atoms with Crippen LogP contribution in [0.5, 0.6) is 0 Å². The predicted molar refractivity (Wildman–Crippen MR) is 60.4 cm³/mol. The van der Waals surface area contributed by atoms with Crippen molar-refractivity contribution in [1.82, 2.24) is 9.80 Å². The van der Waals surface area contributed by atoms with Gasteiger partial charge >= 0.3 is 0 Å². The van der Waals surface area contributed by atoms with Gasteiger partial charge in [0, 0.05) is 38.3 Å². The van der Waals surface area contributed by atoms with Gasteiger partial charge < -0.3 is 9.80 Å². The van der Waals surface area contributed by atoms with Crippen LogP contribution in [0.15, 0.2) is 0 Å². The summed E-state index contributed by atoms with van der Waals surface area (Å²) in [7, 11) is 0. The summed E-state index contributed by atoms with van der Waals surface area (Å²) in [5, 5.41) is 0. The molecule has 0 aromatic heterocycles. The Labute approximate surface area is 88.3 Å². The van der Waals surface area contributed by atoms with E-state index in [-0.39, 0.29) is 0 Å². The van der Waals surface area contributed by atoms with Crippen molar-refractivity contribution in [3.05, 3.63) is 0 Å². The monoisotopic (exact) mass is 196 g/mol. The Hall–Kier alpha value is -0.0800. The zero-order valence-corrected chi connectivity index (χ0v) is 10.0. The third-order valence-electron chi connectivity index (χ3n) is 4.00. The number of fused-ring (bicyclic) bond motifs is 1. The molecule has 0 aliphatic carbocycles. The van der Waals surface area contributed by atoms with Crippen LogP contribution in [0.25, 0.3) is 0 Å². The average Bonchev–Trinajstić information content (AvgIpc) is 2.57. The van der Waals surface area contributed by atoms with E-state index in [2.05, 4.69) is 37.5 Å². The fraction of sp³-hybridized carbons (Fsp3) is 1.00. The van der Waals surface area contributed by atoms with Gasteiger partial charge in [0.25, 0.3) is 0 Å². The summed E-state index contributed by atoms with van der Waals surface area (Å²) in [6, 6.07) is 1.49. The molecular formula is C12H24N2. The molecule has 2 fully saturated rings. The van der Waals surface area contributed by atoms with Crippen LogP contribution in [-0.2, 0) is 0 Å². The molecule has 0 saturated carbocycles. The SMILES string of the molecule is CC(C)N1CC2CN(C(C)C)CC2C1. The maximum atomic E-state index is 2.65. The quantitative estimate of drug-likeness (QED) is 0.663. The van der Waals surface area contributed by atoms with Gasteiger partial charge in [0.2, 0.25) is 0 Å². The molecule has 82 valence electrons. The van der Waals surface area contributed by atoms with E-state index in [9.17, 15) is 0 Å². The molecule has 0 aromatic carbocycles. The molecule has 0 N–H and O–H groups in total. The minimum atomic E-state index is 0.744. The Balaban J connectivity index is 1.90. The molecule has 0 radical (unpaired) electrons.